The van der Waals surface area contributed by atoms with Crippen LogP contribution in [0.3, 0.4) is 0 Å². The predicted octanol–water partition coefficient (Wildman–Crippen LogP) is 4.91. The van der Waals surface area contributed by atoms with Crippen LogP contribution in [0, 0.1) is 0 Å². The first-order chi connectivity index (χ1) is 9.13. The highest BCUT2D eigenvalue weighted by Crippen LogP contribution is 2.26. The zero-order valence-electron chi connectivity index (χ0n) is 12.3. The molecule has 19 heavy (non-hydrogen) atoms. The third kappa shape index (κ3) is 6.98. The number of halogens is 1. The molecule has 0 heterocycles. The Kier molecular flexibility index (Phi) is 8.15. The molecular weight excluding hydrogens is 302 g/mol. The Labute approximate surface area is 126 Å². The van der Waals surface area contributed by atoms with Crippen molar-refractivity contribution in [3.05, 3.63) is 28.2 Å². The van der Waals surface area contributed by atoms with Gasteiger partial charge in [-0.2, -0.15) is 0 Å². The van der Waals surface area contributed by atoms with E-state index in [4.69, 9.17) is 4.74 Å². The third-order valence-electron chi connectivity index (χ3n) is 2.97. The molecule has 0 radical (unpaired) electrons. The summed E-state index contributed by atoms with van der Waals surface area (Å²) in [5.41, 5.74) is 1.28. The fourth-order valence-electron chi connectivity index (χ4n) is 1.80. The lowest BCUT2D eigenvalue weighted by molar-refractivity contribution is 0.303. The van der Waals surface area contributed by atoms with Gasteiger partial charge in [0.2, 0.25) is 0 Å². The van der Waals surface area contributed by atoms with E-state index in [2.05, 4.69) is 60.2 Å². The first-order valence-corrected chi connectivity index (χ1v) is 8.07. The molecule has 0 spiro atoms. The van der Waals surface area contributed by atoms with E-state index < -0.39 is 0 Å². The number of hydrogen-bond acceptors (Lipinski definition) is 2. The molecule has 108 valence electrons. The number of hydrogen-bond donors (Lipinski definition) is 1. The lowest BCUT2D eigenvalue weighted by Crippen LogP contribution is -2.21. The largest absolute Gasteiger partial charge is 0.492 e. The standard InChI is InChI=1S/C16H26BrNO/c1-4-5-6-7-10-19-16-9-8-14(11-15(16)17)12-18-13(2)3/h8-9,11,13,18H,4-7,10,12H2,1-3H3. The van der Waals surface area contributed by atoms with Gasteiger partial charge in [0.05, 0.1) is 11.1 Å². The maximum atomic E-state index is 5.80. The lowest BCUT2D eigenvalue weighted by atomic mass is 10.2. The van der Waals surface area contributed by atoms with Gasteiger partial charge in [-0.05, 0) is 40.0 Å². The molecule has 0 fully saturated rings. The van der Waals surface area contributed by atoms with Gasteiger partial charge in [0.15, 0.2) is 0 Å². The third-order valence-corrected chi connectivity index (χ3v) is 3.59. The topological polar surface area (TPSA) is 21.3 Å². The van der Waals surface area contributed by atoms with Gasteiger partial charge in [-0.15, -0.1) is 0 Å². The summed E-state index contributed by atoms with van der Waals surface area (Å²) in [5.74, 6) is 0.949. The number of ether oxygens (including phenoxy) is 1. The van der Waals surface area contributed by atoms with Crippen LogP contribution < -0.4 is 10.1 Å². The monoisotopic (exact) mass is 327 g/mol. The minimum absolute atomic E-state index is 0.508. The van der Waals surface area contributed by atoms with Crippen LogP contribution in [-0.2, 0) is 6.54 Å². The van der Waals surface area contributed by atoms with Crippen molar-refractivity contribution in [2.45, 2.75) is 59.0 Å². The van der Waals surface area contributed by atoms with Gasteiger partial charge in [0, 0.05) is 12.6 Å². The van der Waals surface area contributed by atoms with Gasteiger partial charge < -0.3 is 10.1 Å². The van der Waals surface area contributed by atoms with E-state index in [0.29, 0.717) is 6.04 Å². The van der Waals surface area contributed by atoms with Crippen LogP contribution in [0.4, 0.5) is 0 Å². The molecule has 0 aromatic heterocycles. The fourth-order valence-corrected chi connectivity index (χ4v) is 2.34. The summed E-state index contributed by atoms with van der Waals surface area (Å²) in [6.07, 6.45) is 4.95. The summed E-state index contributed by atoms with van der Waals surface area (Å²) in [6, 6.07) is 6.83. The molecule has 0 saturated carbocycles. The molecule has 1 rings (SSSR count). The van der Waals surface area contributed by atoms with Crippen molar-refractivity contribution in [3.8, 4) is 5.75 Å². The van der Waals surface area contributed by atoms with Gasteiger partial charge in [0.1, 0.15) is 5.75 Å². The Morgan fingerprint density at radius 3 is 2.63 bits per heavy atom. The molecular formula is C16H26BrNO. The summed E-state index contributed by atoms with van der Waals surface area (Å²) in [5, 5.41) is 3.41. The van der Waals surface area contributed by atoms with E-state index in [0.717, 1.165) is 29.8 Å². The molecule has 0 aliphatic rings. The van der Waals surface area contributed by atoms with Gasteiger partial charge in [-0.25, -0.2) is 0 Å². The second kappa shape index (κ2) is 9.38. The maximum Gasteiger partial charge on any atom is 0.133 e. The lowest BCUT2D eigenvalue weighted by Gasteiger charge is -2.11. The highest BCUT2D eigenvalue weighted by molar-refractivity contribution is 9.10. The predicted molar refractivity (Wildman–Crippen MR) is 85.8 cm³/mol. The van der Waals surface area contributed by atoms with Crippen LogP contribution in [-0.4, -0.2) is 12.6 Å². The summed E-state index contributed by atoms with van der Waals surface area (Å²) in [7, 11) is 0. The minimum Gasteiger partial charge on any atom is -0.492 e. The van der Waals surface area contributed by atoms with Crippen LogP contribution in [0.15, 0.2) is 22.7 Å². The second-order valence-electron chi connectivity index (χ2n) is 5.21. The highest BCUT2D eigenvalue weighted by atomic mass is 79.9. The van der Waals surface area contributed by atoms with Gasteiger partial charge >= 0.3 is 0 Å². The van der Waals surface area contributed by atoms with Crippen molar-refractivity contribution < 1.29 is 4.74 Å². The fraction of sp³-hybridized carbons (Fsp3) is 0.625. The van der Waals surface area contributed by atoms with Crippen molar-refractivity contribution >= 4 is 15.9 Å². The summed E-state index contributed by atoms with van der Waals surface area (Å²) >= 11 is 3.58. The van der Waals surface area contributed by atoms with Crippen molar-refractivity contribution in [3.63, 3.8) is 0 Å². The van der Waals surface area contributed by atoms with E-state index in [9.17, 15) is 0 Å². The Morgan fingerprint density at radius 1 is 1.21 bits per heavy atom. The molecule has 2 nitrogen and oxygen atoms in total. The molecule has 0 bridgehead atoms. The molecule has 3 heteroatoms. The van der Waals surface area contributed by atoms with Gasteiger partial charge in [-0.1, -0.05) is 46.1 Å². The van der Waals surface area contributed by atoms with Crippen LogP contribution in [0.25, 0.3) is 0 Å². The zero-order valence-corrected chi connectivity index (χ0v) is 13.9. The van der Waals surface area contributed by atoms with E-state index in [1.165, 1.54) is 24.8 Å². The summed E-state index contributed by atoms with van der Waals surface area (Å²) < 4.78 is 6.84. The number of rotatable bonds is 9. The molecule has 0 saturated heterocycles. The van der Waals surface area contributed by atoms with Crippen LogP contribution in [0.1, 0.15) is 52.0 Å². The van der Waals surface area contributed by atoms with E-state index in [1.54, 1.807) is 0 Å². The highest BCUT2D eigenvalue weighted by Gasteiger charge is 2.03. The molecule has 0 aliphatic carbocycles. The zero-order chi connectivity index (χ0) is 14.1. The molecule has 0 unspecified atom stereocenters. The first-order valence-electron chi connectivity index (χ1n) is 7.28. The van der Waals surface area contributed by atoms with Gasteiger partial charge in [0.25, 0.3) is 0 Å². The molecule has 0 aliphatic heterocycles. The normalized spacial score (nSPS) is 11.0. The van der Waals surface area contributed by atoms with Crippen molar-refractivity contribution in [1.29, 1.82) is 0 Å². The quantitative estimate of drug-likeness (QED) is 0.651. The van der Waals surface area contributed by atoms with Crippen molar-refractivity contribution in [1.82, 2.24) is 5.32 Å². The van der Waals surface area contributed by atoms with Crippen LogP contribution >= 0.6 is 15.9 Å². The van der Waals surface area contributed by atoms with E-state index in [-0.39, 0.29) is 0 Å². The summed E-state index contributed by atoms with van der Waals surface area (Å²) in [6.45, 7) is 8.24. The van der Waals surface area contributed by atoms with Crippen LogP contribution in [0.2, 0.25) is 0 Å². The number of unbranched alkanes of at least 4 members (excludes halogenated alkanes) is 3. The first kappa shape index (κ1) is 16.5. The van der Waals surface area contributed by atoms with Gasteiger partial charge in [-0.3, -0.25) is 0 Å². The Bertz CT molecular complexity index is 366. The molecule has 1 aromatic carbocycles. The average Bonchev–Trinajstić information content (AvgIpc) is 2.38. The summed E-state index contributed by atoms with van der Waals surface area (Å²) in [4.78, 5) is 0. The molecule has 0 amide bonds. The maximum absolute atomic E-state index is 5.80. The second-order valence-corrected chi connectivity index (χ2v) is 6.06. The van der Waals surface area contributed by atoms with E-state index in [1.807, 2.05) is 0 Å². The smallest absolute Gasteiger partial charge is 0.133 e. The Hall–Kier alpha value is -0.540. The minimum atomic E-state index is 0.508. The van der Waals surface area contributed by atoms with E-state index >= 15 is 0 Å². The molecule has 1 aromatic rings. The average molecular weight is 328 g/mol. The SMILES string of the molecule is CCCCCCOc1ccc(CNC(C)C)cc1Br. The number of nitrogens with one attached hydrogen (secondary N) is 1. The number of benzene rings is 1. The Morgan fingerprint density at radius 2 is 2.00 bits per heavy atom. The Balaban J connectivity index is 2.39. The van der Waals surface area contributed by atoms with Crippen molar-refractivity contribution in [2.75, 3.05) is 6.61 Å². The molecule has 0 atom stereocenters. The van der Waals surface area contributed by atoms with Crippen LogP contribution in [0.5, 0.6) is 5.75 Å². The van der Waals surface area contributed by atoms with Crippen molar-refractivity contribution in [2.24, 2.45) is 0 Å². The molecule has 1 N–H and O–H groups in total.